The van der Waals surface area contributed by atoms with Crippen LogP contribution in [-0.2, 0) is 17.8 Å². The zero-order valence-electron chi connectivity index (χ0n) is 12.6. The first-order chi connectivity index (χ1) is 10.6. The van der Waals surface area contributed by atoms with Crippen LogP contribution < -0.4 is 10.1 Å². The molecule has 0 saturated heterocycles. The Kier molecular flexibility index (Phi) is 5.77. The van der Waals surface area contributed by atoms with Gasteiger partial charge in [0.1, 0.15) is 0 Å². The molecule has 0 bridgehead atoms. The molecular formula is C15H18ClN3O3. The zero-order chi connectivity index (χ0) is 15.9. The summed E-state index contributed by atoms with van der Waals surface area (Å²) in [5, 5.41) is 6.68. The van der Waals surface area contributed by atoms with E-state index in [-0.39, 0.29) is 17.5 Å². The number of hydrogen-bond donors (Lipinski definition) is 1. The topological polar surface area (TPSA) is 77.2 Å². The third-order valence-corrected chi connectivity index (χ3v) is 3.31. The third kappa shape index (κ3) is 4.46. The predicted molar refractivity (Wildman–Crippen MR) is 81.8 cm³/mol. The van der Waals surface area contributed by atoms with E-state index in [0.717, 1.165) is 12.0 Å². The Hall–Kier alpha value is -2.08. The second kappa shape index (κ2) is 7.79. The summed E-state index contributed by atoms with van der Waals surface area (Å²) in [6, 6.07) is 3.66. The molecule has 0 fully saturated rings. The fraction of sp³-hybridized carbons (Fsp3) is 0.400. The van der Waals surface area contributed by atoms with Gasteiger partial charge in [0.15, 0.2) is 0 Å². The van der Waals surface area contributed by atoms with E-state index in [1.165, 1.54) is 0 Å². The highest BCUT2D eigenvalue weighted by molar-refractivity contribution is 6.29. The molecule has 0 aliphatic rings. The van der Waals surface area contributed by atoms with Crippen molar-refractivity contribution in [1.29, 1.82) is 0 Å². The van der Waals surface area contributed by atoms with Gasteiger partial charge in [-0.1, -0.05) is 18.1 Å². The molecule has 0 unspecified atom stereocenters. The number of pyridine rings is 1. The van der Waals surface area contributed by atoms with Crippen LogP contribution in [-0.4, -0.2) is 22.7 Å². The Morgan fingerprint density at radius 3 is 2.86 bits per heavy atom. The van der Waals surface area contributed by atoms with Gasteiger partial charge < -0.3 is 14.6 Å². The summed E-state index contributed by atoms with van der Waals surface area (Å²) >= 11 is 5.83. The molecule has 2 rings (SSSR count). The van der Waals surface area contributed by atoms with Gasteiger partial charge >= 0.3 is 0 Å². The lowest BCUT2D eigenvalue weighted by molar-refractivity contribution is -0.120. The average molecular weight is 324 g/mol. The summed E-state index contributed by atoms with van der Waals surface area (Å²) in [6.45, 7) is 4.81. The largest absolute Gasteiger partial charge is 0.478 e. The number of halogens is 1. The van der Waals surface area contributed by atoms with E-state index >= 15 is 0 Å². The van der Waals surface area contributed by atoms with Crippen molar-refractivity contribution in [2.45, 2.75) is 33.2 Å². The number of nitrogens with one attached hydrogen (secondary N) is 1. The summed E-state index contributed by atoms with van der Waals surface area (Å²) in [5.41, 5.74) is 2.13. The lowest BCUT2D eigenvalue weighted by atomic mass is 10.2. The first-order valence-corrected chi connectivity index (χ1v) is 7.43. The van der Waals surface area contributed by atoms with Crippen molar-refractivity contribution in [3.05, 3.63) is 40.4 Å². The zero-order valence-corrected chi connectivity index (χ0v) is 13.3. The molecule has 0 aromatic carbocycles. The molecule has 118 valence electrons. The van der Waals surface area contributed by atoms with Gasteiger partial charge in [-0.05, 0) is 30.5 Å². The number of carbonyl (C=O) groups excluding carboxylic acids is 1. The van der Waals surface area contributed by atoms with E-state index in [4.69, 9.17) is 20.9 Å². The quantitative estimate of drug-likeness (QED) is 0.847. The molecule has 22 heavy (non-hydrogen) atoms. The maximum atomic E-state index is 11.9. The molecule has 2 heterocycles. The number of amides is 1. The lowest BCUT2D eigenvalue weighted by Crippen LogP contribution is -2.24. The fourth-order valence-electron chi connectivity index (χ4n) is 1.79. The van der Waals surface area contributed by atoms with E-state index in [1.54, 1.807) is 19.2 Å². The van der Waals surface area contributed by atoms with Gasteiger partial charge in [-0.3, -0.25) is 4.79 Å². The highest BCUT2D eigenvalue weighted by Gasteiger charge is 2.14. The summed E-state index contributed by atoms with van der Waals surface area (Å²) < 4.78 is 10.2. The number of ether oxygens (including phenoxy) is 1. The number of nitrogens with zero attached hydrogens (tertiary/aromatic N) is 2. The predicted octanol–water partition coefficient (Wildman–Crippen LogP) is 2.68. The fourth-order valence-corrected chi connectivity index (χ4v) is 2.03. The van der Waals surface area contributed by atoms with Gasteiger partial charge in [-0.15, -0.1) is 0 Å². The molecule has 1 amide bonds. The molecule has 0 aliphatic heterocycles. The Morgan fingerprint density at radius 2 is 2.27 bits per heavy atom. The highest BCUT2D eigenvalue weighted by atomic mass is 35.5. The van der Waals surface area contributed by atoms with Crippen LogP contribution in [0.4, 0.5) is 0 Å². The molecule has 6 nitrogen and oxygen atoms in total. The van der Waals surface area contributed by atoms with Gasteiger partial charge in [0, 0.05) is 24.4 Å². The molecule has 1 N–H and O–H groups in total. The Morgan fingerprint density at radius 1 is 1.45 bits per heavy atom. The van der Waals surface area contributed by atoms with Crippen LogP contribution in [0.3, 0.4) is 0 Å². The molecule has 0 spiro atoms. The molecule has 0 saturated carbocycles. The smallest absolute Gasteiger partial charge is 0.229 e. The number of aromatic nitrogens is 2. The first-order valence-electron chi connectivity index (χ1n) is 7.05. The van der Waals surface area contributed by atoms with Crippen molar-refractivity contribution in [1.82, 2.24) is 15.5 Å². The van der Waals surface area contributed by atoms with Gasteiger partial charge in [0.2, 0.25) is 17.0 Å². The highest BCUT2D eigenvalue weighted by Crippen LogP contribution is 2.19. The standard InChI is InChI=1S/C15H18ClN3O3/c1-3-6-21-14-5-4-11(9-18-14)8-17-13(20)7-12-10(2)19-22-15(12)16/h4-5,9H,3,6-8H2,1-2H3,(H,17,20). The minimum atomic E-state index is -0.153. The number of carbonyl (C=O) groups is 1. The Bertz CT molecular complexity index is 606. The number of rotatable bonds is 7. The Balaban J connectivity index is 1.83. The summed E-state index contributed by atoms with van der Waals surface area (Å²) in [4.78, 5) is 16.1. The van der Waals surface area contributed by atoms with Crippen LogP contribution >= 0.6 is 11.6 Å². The minimum Gasteiger partial charge on any atom is -0.478 e. The van der Waals surface area contributed by atoms with Crippen LogP contribution in [0.5, 0.6) is 5.88 Å². The molecule has 0 radical (unpaired) electrons. The van der Waals surface area contributed by atoms with E-state index in [2.05, 4.69) is 15.5 Å². The van der Waals surface area contributed by atoms with E-state index < -0.39 is 0 Å². The van der Waals surface area contributed by atoms with Crippen LogP contribution in [0.15, 0.2) is 22.9 Å². The number of hydrogen-bond acceptors (Lipinski definition) is 5. The van der Waals surface area contributed by atoms with Gasteiger partial charge in [0.05, 0.1) is 18.7 Å². The van der Waals surface area contributed by atoms with Crippen molar-refractivity contribution in [3.8, 4) is 5.88 Å². The van der Waals surface area contributed by atoms with Gasteiger partial charge in [0.25, 0.3) is 0 Å². The molecule has 0 atom stereocenters. The van der Waals surface area contributed by atoms with E-state index in [9.17, 15) is 4.79 Å². The normalized spacial score (nSPS) is 10.5. The second-order valence-corrected chi connectivity index (χ2v) is 5.17. The second-order valence-electron chi connectivity index (χ2n) is 4.83. The first kappa shape index (κ1) is 16.3. The van der Waals surface area contributed by atoms with Crippen molar-refractivity contribution in [3.63, 3.8) is 0 Å². The van der Waals surface area contributed by atoms with Crippen molar-refractivity contribution in [2.75, 3.05) is 6.61 Å². The Labute approximate surface area is 133 Å². The molecular weight excluding hydrogens is 306 g/mol. The molecule has 2 aromatic heterocycles. The molecule has 0 aliphatic carbocycles. The monoisotopic (exact) mass is 323 g/mol. The summed E-state index contributed by atoms with van der Waals surface area (Å²) in [7, 11) is 0. The van der Waals surface area contributed by atoms with Crippen molar-refractivity contribution in [2.24, 2.45) is 0 Å². The lowest BCUT2D eigenvalue weighted by Gasteiger charge is -2.06. The van der Waals surface area contributed by atoms with Crippen molar-refractivity contribution >= 4 is 17.5 Å². The van der Waals surface area contributed by atoms with E-state index in [1.807, 2.05) is 13.0 Å². The molecule has 7 heteroatoms. The van der Waals surface area contributed by atoms with E-state index in [0.29, 0.717) is 30.3 Å². The summed E-state index contributed by atoms with van der Waals surface area (Å²) in [6.07, 6.45) is 2.76. The average Bonchev–Trinajstić information content (AvgIpc) is 2.84. The maximum Gasteiger partial charge on any atom is 0.229 e. The maximum absolute atomic E-state index is 11.9. The third-order valence-electron chi connectivity index (χ3n) is 3.02. The van der Waals surface area contributed by atoms with Crippen LogP contribution in [0.25, 0.3) is 0 Å². The van der Waals surface area contributed by atoms with Crippen molar-refractivity contribution < 1.29 is 14.1 Å². The van der Waals surface area contributed by atoms with Crippen LogP contribution in [0, 0.1) is 6.92 Å². The van der Waals surface area contributed by atoms with Gasteiger partial charge in [-0.25, -0.2) is 4.98 Å². The summed E-state index contributed by atoms with van der Waals surface area (Å²) in [5.74, 6) is 0.434. The number of aryl methyl sites for hydroxylation is 1. The minimum absolute atomic E-state index is 0.138. The van der Waals surface area contributed by atoms with Gasteiger partial charge in [-0.2, -0.15) is 0 Å². The SMILES string of the molecule is CCCOc1ccc(CNC(=O)Cc2c(C)noc2Cl)cn1. The molecule has 2 aromatic rings. The van der Waals surface area contributed by atoms with Crippen LogP contribution in [0.2, 0.25) is 5.22 Å². The van der Waals surface area contributed by atoms with Crippen LogP contribution in [0.1, 0.15) is 30.2 Å².